The van der Waals surface area contributed by atoms with Crippen LogP contribution in [0.25, 0.3) is 21.9 Å². The number of carbonyl (C=O) groups is 1. The van der Waals surface area contributed by atoms with Crippen LogP contribution in [0.5, 0.6) is 0 Å². The number of fused-ring (bicyclic) bond motifs is 2. The summed E-state index contributed by atoms with van der Waals surface area (Å²) in [6, 6.07) is 15.2. The molecular formula is C18H13BrN2O2. The standard InChI is InChI=1S/C18H13BrN2O2/c1-10-8-11-4-2-6-14(17(11)20-10)21-18(22)16-9-12-13(19)5-3-7-15(12)23-16/h2-9,20H,1H3,(H,21,22). The molecule has 5 heteroatoms. The predicted octanol–water partition coefficient (Wildman–Crippen LogP) is 5.24. The summed E-state index contributed by atoms with van der Waals surface area (Å²) < 4.78 is 6.55. The van der Waals surface area contributed by atoms with Gasteiger partial charge in [-0.1, -0.05) is 34.1 Å². The average molecular weight is 369 g/mol. The Bertz CT molecular complexity index is 1050. The van der Waals surface area contributed by atoms with Crippen molar-refractivity contribution in [2.24, 2.45) is 0 Å². The zero-order valence-corrected chi connectivity index (χ0v) is 13.9. The molecule has 0 aliphatic heterocycles. The first-order valence-corrected chi connectivity index (χ1v) is 7.99. The summed E-state index contributed by atoms with van der Waals surface area (Å²) in [6.45, 7) is 1.99. The summed E-state index contributed by atoms with van der Waals surface area (Å²) >= 11 is 3.46. The molecule has 2 N–H and O–H groups in total. The Labute approximate surface area is 140 Å². The van der Waals surface area contributed by atoms with Crippen LogP contribution in [0.15, 0.2) is 57.4 Å². The summed E-state index contributed by atoms with van der Waals surface area (Å²) in [5.74, 6) is 0.0139. The first kappa shape index (κ1) is 14.1. The molecule has 0 bridgehead atoms. The van der Waals surface area contributed by atoms with Crippen molar-refractivity contribution in [3.63, 3.8) is 0 Å². The van der Waals surface area contributed by atoms with Crippen molar-refractivity contribution in [1.29, 1.82) is 0 Å². The Balaban J connectivity index is 1.72. The number of anilines is 1. The van der Waals surface area contributed by atoms with E-state index in [1.807, 2.05) is 49.4 Å². The van der Waals surface area contributed by atoms with Crippen LogP contribution in [-0.2, 0) is 0 Å². The first-order chi connectivity index (χ1) is 11.1. The highest BCUT2D eigenvalue weighted by Gasteiger charge is 2.15. The number of aromatic nitrogens is 1. The average Bonchev–Trinajstić information content (AvgIpc) is 3.11. The summed E-state index contributed by atoms with van der Waals surface area (Å²) in [6.07, 6.45) is 0. The Morgan fingerprint density at radius 1 is 1.17 bits per heavy atom. The molecule has 2 aromatic heterocycles. The fraction of sp³-hybridized carbons (Fsp3) is 0.0556. The van der Waals surface area contributed by atoms with Crippen LogP contribution in [0, 0.1) is 6.92 Å². The third-order valence-corrected chi connectivity index (χ3v) is 4.46. The van der Waals surface area contributed by atoms with E-state index in [9.17, 15) is 4.79 Å². The molecule has 23 heavy (non-hydrogen) atoms. The van der Waals surface area contributed by atoms with Gasteiger partial charge in [0.1, 0.15) is 5.58 Å². The number of halogens is 1. The number of amides is 1. The lowest BCUT2D eigenvalue weighted by atomic mass is 10.2. The van der Waals surface area contributed by atoms with Gasteiger partial charge in [-0.2, -0.15) is 0 Å². The van der Waals surface area contributed by atoms with Crippen molar-refractivity contribution < 1.29 is 9.21 Å². The summed E-state index contributed by atoms with van der Waals surface area (Å²) in [7, 11) is 0. The molecular weight excluding hydrogens is 356 g/mol. The maximum absolute atomic E-state index is 12.5. The van der Waals surface area contributed by atoms with Gasteiger partial charge in [-0.3, -0.25) is 4.79 Å². The van der Waals surface area contributed by atoms with E-state index in [1.54, 1.807) is 6.07 Å². The number of aryl methyl sites for hydroxylation is 1. The molecule has 0 aliphatic carbocycles. The molecule has 4 nitrogen and oxygen atoms in total. The van der Waals surface area contributed by atoms with Gasteiger partial charge < -0.3 is 14.7 Å². The van der Waals surface area contributed by atoms with E-state index < -0.39 is 0 Å². The Hall–Kier alpha value is -2.53. The molecule has 4 aromatic rings. The largest absolute Gasteiger partial charge is 0.451 e. The highest BCUT2D eigenvalue weighted by Crippen LogP contribution is 2.28. The molecule has 4 rings (SSSR count). The lowest BCUT2D eigenvalue weighted by Crippen LogP contribution is -2.11. The van der Waals surface area contributed by atoms with E-state index in [0.29, 0.717) is 5.58 Å². The Kier molecular flexibility index (Phi) is 3.23. The topological polar surface area (TPSA) is 58.0 Å². The van der Waals surface area contributed by atoms with E-state index in [-0.39, 0.29) is 11.7 Å². The number of aromatic amines is 1. The van der Waals surface area contributed by atoms with Gasteiger partial charge in [-0.15, -0.1) is 0 Å². The normalized spacial score (nSPS) is 11.2. The molecule has 0 aliphatic rings. The molecule has 0 saturated heterocycles. The van der Waals surface area contributed by atoms with E-state index >= 15 is 0 Å². The fourth-order valence-corrected chi connectivity index (χ4v) is 3.18. The Morgan fingerprint density at radius 2 is 2.00 bits per heavy atom. The van der Waals surface area contributed by atoms with Crippen molar-refractivity contribution in [3.8, 4) is 0 Å². The minimum Gasteiger partial charge on any atom is -0.451 e. The highest BCUT2D eigenvalue weighted by atomic mass is 79.9. The van der Waals surface area contributed by atoms with Crippen LogP contribution in [0.2, 0.25) is 0 Å². The Morgan fingerprint density at radius 3 is 2.83 bits per heavy atom. The molecule has 0 saturated carbocycles. The predicted molar refractivity (Wildman–Crippen MR) is 94.9 cm³/mol. The number of furan rings is 1. The van der Waals surface area contributed by atoms with E-state index in [0.717, 1.165) is 32.1 Å². The van der Waals surface area contributed by atoms with Crippen LogP contribution in [0.3, 0.4) is 0 Å². The summed E-state index contributed by atoms with van der Waals surface area (Å²) in [4.78, 5) is 15.8. The van der Waals surface area contributed by atoms with Gasteiger partial charge in [0.05, 0.1) is 11.2 Å². The van der Waals surface area contributed by atoms with Crippen molar-refractivity contribution >= 4 is 49.4 Å². The molecule has 0 spiro atoms. The summed E-state index contributed by atoms with van der Waals surface area (Å²) in [5, 5.41) is 4.86. The number of hydrogen-bond acceptors (Lipinski definition) is 2. The third-order valence-electron chi connectivity index (χ3n) is 3.77. The number of benzene rings is 2. The second-order valence-corrected chi connectivity index (χ2v) is 6.29. The highest BCUT2D eigenvalue weighted by molar-refractivity contribution is 9.10. The van der Waals surface area contributed by atoms with Crippen LogP contribution < -0.4 is 5.32 Å². The summed E-state index contributed by atoms with van der Waals surface area (Å²) in [5.41, 5.74) is 3.38. The van der Waals surface area contributed by atoms with Gasteiger partial charge >= 0.3 is 0 Å². The zero-order chi connectivity index (χ0) is 16.0. The van der Waals surface area contributed by atoms with E-state index in [4.69, 9.17) is 4.42 Å². The fourth-order valence-electron chi connectivity index (χ4n) is 2.72. The lowest BCUT2D eigenvalue weighted by molar-refractivity contribution is 0.0999. The second kappa shape index (κ2) is 5.28. The maximum Gasteiger partial charge on any atom is 0.291 e. The van der Waals surface area contributed by atoms with Gasteiger partial charge in [0.15, 0.2) is 5.76 Å². The molecule has 0 fully saturated rings. The molecule has 114 valence electrons. The van der Waals surface area contributed by atoms with Crippen LogP contribution in [-0.4, -0.2) is 10.9 Å². The number of rotatable bonds is 2. The van der Waals surface area contributed by atoms with Crippen molar-refractivity contribution in [1.82, 2.24) is 4.98 Å². The zero-order valence-electron chi connectivity index (χ0n) is 12.3. The molecule has 0 atom stereocenters. The lowest BCUT2D eigenvalue weighted by Gasteiger charge is -2.04. The second-order valence-electron chi connectivity index (χ2n) is 5.44. The number of nitrogens with one attached hydrogen (secondary N) is 2. The van der Waals surface area contributed by atoms with Crippen molar-refractivity contribution in [3.05, 3.63) is 64.5 Å². The van der Waals surface area contributed by atoms with Gasteiger partial charge in [-0.05, 0) is 37.3 Å². The SMILES string of the molecule is Cc1cc2cccc(NC(=O)c3cc4c(Br)cccc4o3)c2[nH]1. The van der Waals surface area contributed by atoms with Gasteiger partial charge in [0, 0.05) is 20.9 Å². The smallest absolute Gasteiger partial charge is 0.291 e. The molecule has 0 radical (unpaired) electrons. The first-order valence-electron chi connectivity index (χ1n) is 7.19. The van der Waals surface area contributed by atoms with E-state index in [2.05, 4.69) is 26.2 Å². The molecule has 2 aromatic carbocycles. The number of hydrogen-bond donors (Lipinski definition) is 2. The van der Waals surface area contributed by atoms with Crippen LogP contribution in [0.1, 0.15) is 16.2 Å². The van der Waals surface area contributed by atoms with Gasteiger partial charge in [-0.25, -0.2) is 0 Å². The third kappa shape index (κ3) is 2.43. The van der Waals surface area contributed by atoms with Crippen molar-refractivity contribution in [2.45, 2.75) is 6.92 Å². The number of H-pyrrole nitrogens is 1. The maximum atomic E-state index is 12.5. The number of para-hydroxylation sites is 1. The van der Waals surface area contributed by atoms with Gasteiger partial charge in [0.25, 0.3) is 5.91 Å². The minimum atomic E-state index is -0.271. The number of carbonyl (C=O) groups excluding carboxylic acids is 1. The minimum absolute atomic E-state index is 0.271. The quantitative estimate of drug-likeness (QED) is 0.508. The molecule has 1 amide bonds. The van der Waals surface area contributed by atoms with Crippen LogP contribution >= 0.6 is 15.9 Å². The van der Waals surface area contributed by atoms with Crippen LogP contribution in [0.4, 0.5) is 5.69 Å². The van der Waals surface area contributed by atoms with E-state index in [1.165, 1.54) is 0 Å². The van der Waals surface area contributed by atoms with Gasteiger partial charge in [0.2, 0.25) is 0 Å². The monoisotopic (exact) mass is 368 g/mol. The molecule has 2 heterocycles. The van der Waals surface area contributed by atoms with Crippen molar-refractivity contribution in [2.75, 3.05) is 5.32 Å². The molecule has 0 unspecified atom stereocenters.